The highest BCUT2D eigenvalue weighted by Crippen LogP contribution is 2.38. The quantitative estimate of drug-likeness (QED) is 0.736. The lowest BCUT2D eigenvalue weighted by atomic mass is 9.84. The summed E-state index contributed by atoms with van der Waals surface area (Å²) in [5.74, 6) is 0.474. The molecule has 2 heterocycles. The molecule has 2 atom stereocenters. The third kappa shape index (κ3) is 3.32. The molecule has 0 aliphatic carbocycles. The number of likely N-dealkylation sites (tertiary alicyclic amines) is 1. The van der Waals surface area contributed by atoms with Gasteiger partial charge >= 0.3 is 0 Å². The Balaban J connectivity index is 1.84. The van der Waals surface area contributed by atoms with E-state index in [4.69, 9.17) is 17.3 Å². The fourth-order valence-electron chi connectivity index (χ4n) is 3.41. The van der Waals surface area contributed by atoms with Gasteiger partial charge in [0.05, 0.1) is 12.6 Å². The Morgan fingerprint density at radius 2 is 2.13 bits per heavy atom. The molecule has 6 heteroatoms. The second kappa shape index (κ2) is 5.96. The summed E-state index contributed by atoms with van der Waals surface area (Å²) in [7, 11) is 0. The minimum absolute atomic E-state index is 0.0493. The molecule has 0 unspecified atom stereocenters. The van der Waals surface area contributed by atoms with E-state index in [1.165, 1.54) is 0 Å². The molecular formula is C17H25ClN4O. The van der Waals surface area contributed by atoms with Crippen molar-refractivity contribution in [3.8, 4) is 0 Å². The van der Waals surface area contributed by atoms with Crippen LogP contribution in [0.1, 0.15) is 44.2 Å². The van der Waals surface area contributed by atoms with Crippen LogP contribution in [0.15, 0.2) is 17.1 Å². The van der Waals surface area contributed by atoms with E-state index in [-0.39, 0.29) is 11.5 Å². The summed E-state index contributed by atoms with van der Waals surface area (Å²) in [6, 6.07) is 3.97. The summed E-state index contributed by atoms with van der Waals surface area (Å²) >= 11 is 6.49. The second-order valence-corrected chi connectivity index (χ2v) is 7.84. The molecular weight excluding hydrogens is 312 g/mol. The zero-order chi connectivity index (χ0) is 16.8. The van der Waals surface area contributed by atoms with E-state index in [9.17, 15) is 5.11 Å². The van der Waals surface area contributed by atoms with E-state index >= 15 is 0 Å². The molecule has 5 nitrogen and oxygen atoms in total. The Hall–Kier alpha value is -1.30. The topological polar surface area (TPSA) is 73.9 Å². The van der Waals surface area contributed by atoms with Crippen molar-refractivity contribution in [2.75, 3.05) is 18.4 Å². The second-order valence-electron chi connectivity index (χ2n) is 7.44. The smallest absolute Gasteiger partial charge is 0.193 e. The largest absolute Gasteiger partial charge is 0.391 e. The van der Waals surface area contributed by atoms with Gasteiger partial charge in [-0.2, -0.15) is 0 Å². The Morgan fingerprint density at radius 3 is 2.78 bits per heavy atom. The van der Waals surface area contributed by atoms with Crippen LogP contribution >= 0.6 is 11.6 Å². The Kier molecular flexibility index (Phi) is 4.29. The summed E-state index contributed by atoms with van der Waals surface area (Å²) in [6.45, 7) is 8.70. The maximum Gasteiger partial charge on any atom is 0.193 e. The molecule has 23 heavy (non-hydrogen) atoms. The number of guanidine groups is 1. The number of aliphatic hydroxyl groups excluding tert-OH is 1. The Morgan fingerprint density at radius 1 is 1.39 bits per heavy atom. The average molecular weight is 337 g/mol. The van der Waals surface area contributed by atoms with Gasteiger partial charge in [0, 0.05) is 28.7 Å². The highest BCUT2D eigenvalue weighted by atomic mass is 35.5. The summed E-state index contributed by atoms with van der Waals surface area (Å²) in [5.41, 5.74) is 8.80. The lowest BCUT2D eigenvalue weighted by molar-refractivity contribution is 0.00796. The molecule has 1 fully saturated rings. The molecule has 126 valence electrons. The first-order valence-electron chi connectivity index (χ1n) is 8.08. The number of hydrogen-bond donors (Lipinski definition) is 3. The number of halogens is 1. The minimum Gasteiger partial charge on any atom is -0.391 e. The average Bonchev–Trinajstić information content (AvgIpc) is 2.46. The maximum absolute atomic E-state index is 10.7. The number of aliphatic imine (C=N–C) groups is 1. The number of nitrogens with zero attached hydrogens (tertiary/aromatic N) is 2. The van der Waals surface area contributed by atoms with E-state index in [0.29, 0.717) is 24.1 Å². The number of anilines is 1. The number of hydrogen-bond acceptors (Lipinski definition) is 5. The zero-order valence-electron chi connectivity index (χ0n) is 13.9. The highest BCUT2D eigenvalue weighted by molar-refractivity contribution is 6.31. The third-order valence-corrected chi connectivity index (χ3v) is 5.16. The lowest BCUT2D eigenvalue weighted by Gasteiger charge is -2.43. The fraction of sp³-hybridized carbons (Fsp3) is 0.588. The molecule has 0 bridgehead atoms. The number of rotatable bonds is 1. The minimum atomic E-state index is -0.423. The standard InChI is InChI=1S/C17H25ClN4O/c1-17(2,3)22-5-4-11(15(23)9-22)12-7-14-10(6-13(12)18)8-20-16(19)21-14/h6-7,11,15,23H,4-5,8-9H2,1-3H3,(H3,19,20,21)/t11-,15+/m0/s1. The van der Waals surface area contributed by atoms with Crippen LogP contribution in [-0.4, -0.2) is 40.7 Å². The fourth-order valence-corrected chi connectivity index (χ4v) is 3.74. The van der Waals surface area contributed by atoms with Gasteiger partial charge in [-0.1, -0.05) is 11.6 Å². The molecule has 0 amide bonds. The van der Waals surface area contributed by atoms with Crippen LogP contribution in [-0.2, 0) is 6.54 Å². The molecule has 0 aromatic heterocycles. The van der Waals surface area contributed by atoms with E-state index in [0.717, 1.165) is 29.8 Å². The highest BCUT2D eigenvalue weighted by Gasteiger charge is 2.34. The molecule has 4 N–H and O–H groups in total. The number of benzene rings is 1. The van der Waals surface area contributed by atoms with Crippen molar-refractivity contribution in [3.63, 3.8) is 0 Å². The summed E-state index contributed by atoms with van der Waals surface area (Å²) in [4.78, 5) is 6.50. The summed E-state index contributed by atoms with van der Waals surface area (Å²) in [6.07, 6.45) is 0.466. The van der Waals surface area contributed by atoms with Gasteiger partial charge in [0.25, 0.3) is 0 Å². The van der Waals surface area contributed by atoms with Gasteiger partial charge < -0.3 is 16.2 Å². The van der Waals surface area contributed by atoms with Crippen LogP contribution < -0.4 is 11.1 Å². The Bertz CT molecular complexity index is 638. The maximum atomic E-state index is 10.7. The first-order chi connectivity index (χ1) is 10.8. The van der Waals surface area contributed by atoms with Crippen molar-refractivity contribution in [1.82, 2.24) is 4.90 Å². The van der Waals surface area contributed by atoms with Gasteiger partial charge in [0.2, 0.25) is 0 Å². The number of nitrogens with two attached hydrogens (primary N) is 1. The van der Waals surface area contributed by atoms with Gasteiger partial charge in [-0.15, -0.1) is 0 Å². The van der Waals surface area contributed by atoms with Crippen LogP contribution in [0.5, 0.6) is 0 Å². The molecule has 2 aliphatic rings. The number of β-amino-alcohol motifs (C(OH)–C–C–N with tert-alkyl or cyclic N) is 1. The molecule has 0 spiro atoms. The number of piperidine rings is 1. The number of aliphatic hydroxyl groups is 1. The van der Waals surface area contributed by atoms with Crippen LogP contribution in [0.4, 0.5) is 5.69 Å². The van der Waals surface area contributed by atoms with Crippen molar-refractivity contribution >= 4 is 23.2 Å². The van der Waals surface area contributed by atoms with Gasteiger partial charge in [0.15, 0.2) is 5.96 Å². The SMILES string of the molecule is CC(C)(C)N1CC[C@@H](c2cc3c(cc2Cl)CN=C(N)N3)[C@H](O)C1. The van der Waals surface area contributed by atoms with Crippen LogP contribution in [0, 0.1) is 0 Å². The van der Waals surface area contributed by atoms with Crippen LogP contribution in [0.25, 0.3) is 0 Å². The molecule has 3 rings (SSSR count). The summed E-state index contributed by atoms with van der Waals surface area (Å²) in [5, 5.41) is 14.5. The van der Waals surface area contributed by atoms with E-state index in [1.54, 1.807) is 0 Å². The van der Waals surface area contributed by atoms with Crippen molar-refractivity contribution in [2.45, 2.75) is 51.3 Å². The van der Waals surface area contributed by atoms with Gasteiger partial charge in [-0.25, -0.2) is 4.99 Å². The van der Waals surface area contributed by atoms with Crippen LogP contribution in [0.3, 0.4) is 0 Å². The predicted molar refractivity (Wildman–Crippen MR) is 95.1 cm³/mol. The van der Waals surface area contributed by atoms with Crippen LogP contribution in [0.2, 0.25) is 5.02 Å². The summed E-state index contributed by atoms with van der Waals surface area (Å²) < 4.78 is 0. The van der Waals surface area contributed by atoms with Crippen molar-refractivity contribution < 1.29 is 5.11 Å². The first kappa shape index (κ1) is 16.6. The van der Waals surface area contributed by atoms with E-state index < -0.39 is 6.10 Å². The number of fused-ring (bicyclic) bond motifs is 1. The van der Waals surface area contributed by atoms with Gasteiger partial charge in [-0.05, 0) is 57.0 Å². The molecule has 1 saturated heterocycles. The normalized spacial score (nSPS) is 25.5. The number of nitrogens with one attached hydrogen (secondary N) is 1. The van der Waals surface area contributed by atoms with Crippen molar-refractivity contribution in [2.24, 2.45) is 10.7 Å². The molecule has 0 radical (unpaired) electrons. The lowest BCUT2D eigenvalue weighted by Crippen LogP contribution is -2.51. The first-order valence-corrected chi connectivity index (χ1v) is 8.46. The predicted octanol–water partition coefficient (Wildman–Crippen LogP) is 2.53. The zero-order valence-corrected chi connectivity index (χ0v) is 14.7. The molecule has 1 aromatic rings. The monoisotopic (exact) mass is 336 g/mol. The van der Waals surface area contributed by atoms with Gasteiger partial charge in [-0.3, -0.25) is 4.90 Å². The van der Waals surface area contributed by atoms with E-state index in [1.807, 2.05) is 12.1 Å². The molecule has 0 saturated carbocycles. The third-order valence-electron chi connectivity index (χ3n) is 4.84. The van der Waals surface area contributed by atoms with Crippen molar-refractivity contribution in [3.05, 3.63) is 28.3 Å². The Labute approximate surface area is 142 Å². The molecule has 1 aromatic carbocycles. The van der Waals surface area contributed by atoms with Gasteiger partial charge in [0.1, 0.15) is 0 Å². The van der Waals surface area contributed by atoms with Crippen molar-refractivity contribution in [1.29, 1.82) is 0 Å². The molecule has 2 aliphatic heterocycles. The van der Waals surface area contributed by atoms with E-state index in [2.05, 4.69) is 36.0 Å².